The molecule has 0 atom stereocenters. The van der Waals surface area contributed by atoms with E-state index in [1.807, 2.05) is 30.3 Å². The second-order valence-electron chi connectivity index (χ2n) is 6.10. The number of anilines is 2. The monoisotopic (exact) mass is 319 g/mol. The van der Waals surface area contributed by atoms with Crippen molar-refractivity contribution in [2.75, 3.05) is 5.32 Å². The molecule has 0 aliphatic heterocycles. The van der Waals surface area contributed by atoms with E-state index in [0.29, 0.717) is 5.56 Å². The highest BCUT2D eigenvalue weighted by Crippen LogP contribution is 2.39. The number of benzene rings is 4. The first-order valence-corrected chi connectivity index (χ1v) is 8.14. The van der Waals surface area contributed by atoms with E-state index in [9.17, 15) is 5.26 Å². The molecule has 0 amide bonds. The van der Waals surface area contributed by atoms with E-state index >= 15 is 0 Å². The van der Waals surface area contributed by atoms with Crippen LogP contribution in [0.25, 0.3) is 32.3 Å². The molecule has 1 heterocycles. The normalized spacial score (nSPS) is 11.2. The first-order valence-electron chi connectivity index (χ1n) is 8.14. The Balaban J connectivity index is 1.91. The molecule has 0 fully saturated rings. The fourth-order valence-corrected chi connectivity index (χ4v) is 3.60. The lowest BCUT2D eigenvalue weighted by Gasteiger charge is -2.16. The van der Waals surface area contributed by atoms with E-state index in [-0.39, 0.29) is 0 Å². The summed E-state index contributed by atoms with van der Waals surface area (Å²) in [4.78, 5) is 4.34. The van der Waals surface area contributed by atoms with Crippen LogP contribution < -0.4 is 5.32 Å². The largest absolute Gasteiger partial charge is 0.340 e. The third kappa shape index (κ3) is 2.02. The number of rotatable bonds is 2. The van der Waals surface area contributed by atoms with Crippen LogP contribution in [-0.2, 0) is 0 Å². The Labute approximate surface area is 144 Å². The van der Waals surface area contributed by atoms with Crippen LogP contribution >= 0.6 is 0 Å². The molecule has 0 saturated carbocycles. The summed E-state index contributed by atoms with van der Waals surface area (Å²) < 4.78 is 0. The summed E-state index contributed by atoms with van der Waals surface area (Å²) in [6, 6.07) is 24.7. The lowest BCUT2D eigenvalue weighted by Crippen LogP contribution is -1.96. The van der Waals surface area contributed by atoms with Gasteiger partial charge in [-0.15, -0.1) is 0 Å². The molecule has 0 aliphatic carbocycles. The number of pyridine rings is 1. The topological polar surface area (TPSA) is 48.7 Å². The molecule has 3 heteroatoms. The van der Waals surface area contributed by atoms with Crippen LogP contribution in [0.4, 0.5) is 11.5 Å². The highest BCUT2D eigenvalue weighted by Gasteiger charge is 2.14. The van der Waals surface area contributed by atoms with Crippen molar-refractivity contribution in [2.45, 2.75) is 0 Å². The number of aromatic nitrogens is 1. The first-order chi connectivity index (χ1) is 12.3. The zero-order chi connectivity index (χ0) is 16.8. The summed E-state index contributed by atoms with van der Waals surface area (Å²) >= 11 is 0. The standard InChI is InChI=1S/C22H13N3/c23-13-16-12-19(25-20-6-1-2-11-24-20)18-10-8-15-5-3-4-14-7-9-17(16)22(18)21(14)15/h1-12H,(H,24,25). The average molecular weight is 319 g/mol. The Morgan fingerprint density at radius 3 is 2.32 bits per heavy atom. The van der Waals surface area contributed by atoms with Gasteiger partial charge in [0.1, 0.15) is 5.82 Å². The summed E-state index contributed by atoms with van der Waals surface area (Å²) in [6.07, 6.45) is 1.75. The number of hydrogen-bond acceptors (Lipinski definition) is 3. The van der Waals surface area contributed by atoms with Gasteiger partial charge in [0.25, 0.3) is 0 Å². The Morgan fingerprint density at radius 1 is 0.800 bits per heavy atom. The van der Waals surface area contributed by atoms with Crippen LogP contribution in [0.15, 0.2) is 72.9 Å². The minimum atomic E-state index is 0.671. The van der Waals surface area contributed by atoms with Gasteiger partial charge < -0.3 is 5.32 Å². The molecule has 116 valence electrons. The maximum Gasteiger partial charge on any atom is 0.130 e. The Hall–Kier alpha value is -3.64. The van der Waals surface area contributed by atoms with Gasteiger partial charge in [-0.2, -0.15) is 5.26 Å². The van der Waals surface area contributed by atoms with Gasteiger partial charge in [-0.25, -0.2) is 4.98 Å². The average Bonchev–Trinajstić information content (AvgIpc) is 2.67. The molecule has 0 unspecified atom stereocenters. The molecular weight excluding hydrogens is 306 g/mol. The molecule has 25 heavy (non-hydrogen) atoms. The molecule has 0 saturated heterocycles. The Morgan fingerprint density at radius 2 is 1.60 bits per heavy atom. The van der Waals surface area contributed by atoms with E-state index in [1.165, 1.54) is 16.2 Å². The van der Waals surface area contributed by atoms with Crippen molar-refractivity contribution >= 4 is 43.8 Å². The maximum atomic E-state index is 9.67. The van der Waals surface area contributed by atoms with Crippen LogP contribution in [0, 0.1) is 11.3 Å². The number of hydrogen-bond donors (Lipinski definition) is 1. The predicted octanol–water partition coefficient (Wildman–Crippen LogP) is 5.59. The van der Waals surface area contributed by atoms with E-state index in [1.54, 1.807) is 6.20 Å². The molecule has 4 aromatic carbocycles. The van der Waals surface area contributed by atoms with Crippen LogP contribution in [0.3, 0.4) is 0 Å². The zero-order valence-electron chi connectivity index (χ0n) is 13.3. The summed E-state index contributed by atoms with van der Waals surface area (Å²) in [5, 5.41) is 19.8. The fourth-order valence-electron chi connectivity index (χ4n) is 3.60. The van der Waals surface area contributed by atoms with Crippen molar-refractivity contribution < 1.29 is 0 Å². The zero-order valence-corrected chi connectivity index (χ0v) is 13.3. The molecule has 1 N–H and O–H groups in total. The maximum absolute atomic E-state index is 9.67. The van der Waals surface area contributed by atoms with Crippen LogP contribution in [0.1, 0.15) is 5.56 Å². The van der Waals surface area contributed by atoms with Crippen LogP contribution in [0.5, 0.6) is 0 Å². The smallest absolute Gasteiger partial charge is 0.130 e. The van der Waals surface area contributed by atoms with Crippen molar-refractivity contribution in [3.63, 3.8) is 0 Å². The van der Waals surface area contributed by atoms with Gasteiger partial charge in [0.15, 0.2) is 0 Å². The highest BCUT2D eigenvalue weighted by molar-refractivity contribution is 6.26. The van der Waals surface area contributed by atoms with Crippen molar-refractivity contribution in [1.82, 2.24) is 4.98 Å². The Kier molecular flexibility index (Phi) is 2.86. The van der Waals surface area contributed by atoms with Gasteiger partial charge in [-0.1, -0.05) is 48.5 Å². The van der Waals surface area contributed by atoms with Gasteiger partial charge in [0.2, 0.25) is 0 Å². The molecule has 0 radical (unpaired) electrons. The molecule has 5 rings (SSSR count). The molecule has 3 nitrogen and oxygen atoms in total. The third-order valence-corrected chi connectivity index (χ3v) is 4.69. The van der Waals surface area contributed by atoms with Gasteiger partial charge in [0, 0.05) is 28.0 Å². The number of nitrogens with zero attached hydrogens (tertiary/aromatic N) is 2. The van der Waals surface area contributed by atoms with Crippen molar-refractivity contribution in [2.24, 2.45) is 0 Å². The third-order valence-electron chi connectivity index (χ3n) is 4.69. The van der Waals surface area contributed by atoms with Crippen LogP contribution in [-0.4, -0.2) is 4.98 Å². The SMILES string of the molecule is N#Cc1cc(Nc2ccccn2)c2ccc3cccc4ccc1c2c43. The fraction of sp³-hybridized carbons (Fsp3) is 0. The summed E-state index contributed by atoms with van der Waals surface area (Å²) in [7, 11) is 0. The summed E-state index contributed by atoms with van der Waals surface area (Å²) in [6.45, 7) is 0. The quantitative estimate of drug-likeness (QED) is 0.431. The summed E-state index contributed by atoms with van der Waals surface area (Å²) in [5.41, 5.74) is 1.57. The van der Waals surface area contributed by atoms with E-state index < -0.39 is 0 Å². The predicted molar refractivity (Wildman–Crippen MR) is 102 cm³/mol. The molecule has 0 bridgehead atoms. The highest BCUT2D eigenvalue weighted by atomic mass is 15.0. The van der Waals surface area contributed by atoms with Gasteiger partial charge >= 0.3 is 0 Å². The first kappa shape index (κ1) is 13.8. The van der Waals surface area contributed by atoms with Crippen molar-refractivity contribution in [3.8, 4) is 6.07 Å². The van der Waals surface area contributed by atoms with E-state index in [2.05, 4.69) is 52.8 Å². The second-order valence-corrected chi connectivity index (χ2v) is 6.10. The molecule has 0 spiro atoms. The van der Waals surface area contributed by atoms with Gasteiger partial charge in [-0.05, 0) is 34.4 Å². The summed E-state index contributed by atoms with van der Waals surface area (Å²) in [5.74, 6) is 0.765. The van der Waals surface area contributed by atoms with Gasteiger partial charge in [0.05, 0.1) is 11.6 Å². The Bertz CT molecular complexity index is 1250. The molecule has 1 aromatic heterocycles. The van der Waals surface area contributed by atoms with Gasteiger partial charge in [-0.3, -0.25) is 0 Å². The molecule has 5 aromatic rings. The lowest BCUT2D eigenvalue weighted by atomic mass is 9.91. The van der Waals surface area contributed by atoms with Crippen LogP contribution in [0.2, 0.25) is 0 Å². The number of nitriles is 1. The lowest BCUT2D eigenvalue weighted by molar-refractivity contribution is 1.31. The number of nitrogens with one attached hydrogen (secondary N) is 1. The minimum Gasteiger partial charge on any atom is -0.340 e. The molecular formula is C22H13N3. The molecule has 0 aliphatic rings. The second kappa shape index (κ2) is 5.19. The van der Waals surface area contributed by atoms with Crippen molar-refractivity contribution in [1.29, 1.82) is 5.26 Å². The van der Waals surface area contributed by atoms with Crippen molar-refractivity contribution in [3.05, 3.63) is 78.5 Å². The minimum absolute atomic E-state index is 0.671. The van der Waals surface area contributed by atoms with E-state index in [0.717, 1.165) is 27.7 Å². The van der Waals surface area contributed by atoms with E-state index in [4.69, 9.17) is 0 Å².